The highest BCUT2D eigenvalue weighted by molar-refractivity contribution is 5.95. The van der Waals surface area contributed by atoms with E-state index in [0.717, 1.165) is 30.3 Å². The SMILES string of the molecule is COc1ccccc1N1CCN(C(=O)c2ccnc(NCc3ccco3)c2)CC1. The Balaban J connectivity index is 1.37. The first-order valence-corrected chi connectivity index (χ1v) is 9.64. The van der Waals surface area contributed by atoms with Crippen LogP contribution in [0.1, 0.15) is 16.1 Å². The lowest BCUT2D eigenvalue weighted by Crippen LogP contribution is -2.48. The summed E-state index contributed by atoms with van der Waals surface area (Å²) in [6.45, 7) is 3.37. The fraction of sp³-hybridized carbons (Fsp3) is 0.273. The minimum absolute atomic E-state index is 0.0214. The lowest BCUT2D eigenvalue weighted by Gasteiger charge is -2.36. The molecule has 1 aliphatic heterocycles. The molecule has 29 heavy (non-hydrogen) atoms. The molecule has 0 unspecified atom stereocenters. The molecule has 2 aromatic heterocycles. The number of rotatable bonds is 6. The maximum absolute atomic E-state index is 13.0. The van der Waals surface area contributed by atoms with E-state index in [4.69, 9.17) is 9.15 Å². The van der Waals surface area contributed by atoms with Crippen LogP contribution in [0, 0.1) is 0 Å². The van der Waals surface area contributed by atoms with Gasteiger partial charge in [-0.25, -0.2) is 4.98 Å². The molecule has 0 bridgehead atoms. The molecular formula is C22H24N4O3. The number of benzene rings is 1. The average molecular weight is 392 g/mol. The fourth-order valence-corrected chi connectivity index (χ4v) is 3.48. The van der Waals surface area contributed by atoms with Gasteiger partial charge in [-0.3, -0.25) is 4.79 Å². The van der Waals surface area contributed by atoms with Crippen molar-refractivity contribution in [3.63, 3.8) is 0 Å². The maximum Gasteiger partial charge on any atom is 0.254 e. The summed E-state index contributed by atoms with van der Waals surface area (Å²) in [7, 11) is 1.68. The molecule has 7 nitrogen and oxygen atoms in total. The van der Waals surface area contributed by atoms with Crippen LogP contribution in [-0.4, -0.2) is 49.1 Å². The second kappa shape index (κ2) is 8.68. The van der Waals surface area contributed by atoms with Gasteiger partial charge in [0.1, 0.15) is 17.3 Å². The number of anilines is 2. The van der Waals surface area contributed by atoms with Crippen LogP contribution in [0.3, 0.4) is 0 Å². The number of methoxy groups -OCH3 is 1. The smallest absolute Gasteiger partial charge is 0.254 e. The second-order valence-corrected chi connectivity index (χ2v) is 6.81. The predicted molar refractivity (Wildman–Crippen MR) is 111 cm³/mol. The molecule has 0 radical (unpaired) electrons. The predicted octanol–water partition coefficient (Wildman–Crippen LogP) is 3.26. The maximum atomic E-state index is 13.0. The molecule has 1 N–H and O–H groups in total. The van der Waals surface area contributed by atoms with E-state index < -0.39 is 0 Å². The van der Waals surface area contributed by atoms with Gasteiger partial charge in [0.15, 0.2) is 0 Å². The number of hydrogen-bond acceptors (Lipinski definition) is 6. The van der Waals surface area contributed by atoms with Crippen molar-refractivity contribution in [3.8, 4) is 5.75 Å². The molecule has 7 heteroatoms. The van der Waals surface area contributed by atoms with Gasteiger partial charge in [0.25, 0.3) is 5.91 Å². The highest BCUT2D eigenvalue weighted by Gasteiger charge is 2.24. The fourth-order valence-electron chi connectivity index (χ4n) is 3.48. The van der Waals surface area contributed by atoms with E-state index >= 15 is 0 Å². The van der Waals surface area contributed by atoms with Gasteiger partial charge in [-0.2, -0.15) is 0 Å². The summed E-state index contributed by atoms with van der Waals surface area (Å²) in [5, 5.41) is 3.19. The average Bonchev–Trinajstić information content (AvgIpc) is 3.31. The molecule has 0 spiro atoms. The molecule has 3 aromatic rings. The summed E-state index contributed by atoms with van der Waals surface area (Å²) >= 11 is 0. The van der Waals surface area contributed by atoms with Crippen molar-refractivity contribution in [3.05, 3.63) is 72.3 Å². The van der Waals surface area contributed by atoms with E-state index in [0.29, 0.717) is 31.0 Å². The molecule has 3 heterocycles. The van der Waals surface area contributed by atoms with E-state index in [9.17, 15) is 4.79 Å². The van der Waals surface area contributed by atoms with E-state index in [1.54, 1.807) is 31.7 Å². The Kier molecular flexibility index (Phi) is 5.65. The normalized spacial score (nSPS) is 14.0. The Hall–Kier alpha value is -3.48. The monoisotopic (exact) mass is 392 g/mol. The second-order valence-electron chi connectivity index (χ2n) is 6.81. The van der Waals surface area contributed by atoms with Crippen molar-refractivity contribution in [1.82, 2.24) is 9.88 Å². The van der Waals surface area contributed by atoms with Crippen LogP contribution in [0.4, 0.5) is 11.5 Å². The van der Waals surface area contributed by atoms with Crippen molar-refractivity contribution in [2.45, 2.75) is 6.54 Å². The van der Waals surface area contributed by atoms with Gasteiger partial charge in [-0.05, 0) is 36.4 Å². The van der Waals surface area contributed by atoms with Gasteiger partial charge in [0, 0.05) is 37.9 Å². The number of furan rings is 1. The lowest BCUT2D eigenvalue weighted by molar-refractivity contribution is 0.0746. The third kappa shape index (κ3) is 4.34. The summed E-state index contributed by atoms with van der Waals surface area (Å²) < 4.78 is 10.8. The molecule has 4 rings (SSSR count). The molecule has 0 atom stereocenters. The number of piperazine rings is 1. The zero-order chi connectivity index (χ0) is 20.1. The summed E-state index contributed by atoms with van der Waals surface area (Å²) in [5.74, 6) is 2.35. The van der Waals surface area contributed by atoms with E-state index in [-0.39, 0.29) is 5.91 Å². The molecule has 1 aromatic carbocycles. The number of hydrogen-bond donors (Lipinski definition) is 1. The number of nitrogens with one attached hydrogen (secondary N) is 1. The lowest BCUT2D eigenvalue weighted by atomic mass is 10.2. The van der Waals surface area contributed by atoms with Crippen molar-refractivity contribution in [2.75, 3.05) is 43.5 Å². The van der Waals surface area contributed by atoms with Crippen LogP contribution in [-0.2, 0) is 6.54 Å². The Morgan fingerprint density at radius 1 is 1.14 bits per heavy atom. The summed E-state index contributed by atoms with van der Waals surface area (Å²) in [4.78, 5) is 21.4. The van der Waals surface area contributed by atoms with Crippen LogP contribution in [0.2, 0.25) is 0 Å². The van der Waals surface area contributed by atoms with Gasteiger partial charge in [0.2, 0.25) is 0 Å². The summed E-state index contributed by atoms with van der Waals surface area (Å²) in [6, 6.07) is 15.3. The van der Waals surface area contributed by atoms with Gasteiger partial charge in [0.05, 0.1) is 25.6 Å². The number of nitrogens with zero attached hydrogens (tertiary/aromatic N) is 3. The van der Waals surface area contributed by atoms with Crippen molar-refractivity contribution in [1.29, 1.82) is 0 Å². The van der Waals surface area contributed by atoms with Gasteiger partial charge >= 0.3 is 0 Å². The molecular weight excluding hydrogens is 368 g/mol. The summed E-state index contributed by atoms with van der Waals surface area (Å²) in [6.07, 6.45) is 3.29. The zero-order valence-electron chi connectivity index (χ0n) is 16.4. The van der Waals surface area contributed by atoms with Crippen LogP contribution in [0.25, 0.3) is 0 Å². The first kappa shape index (κ1) is 18.9. The first-order chi connectivity index (χ1) is 14.2. The highest BCUT2D eigenvalue weighted by Crippen LogP contribution is 2.28. The van der Waals surface area contributed by atoms with Gasteiger partial charge in [-0.15, -0.1) is 0 Å². The van der Waals surface area contributed by atoms with E-state index in [1.165, 1.54) is 0 Å². The topological polar surface area (TPSA) is 70.8 Å². The Labute approximate surface area is 169 Å². The Morgan fingerprint density at radius 3 is 2.72 bits per heavy atom. The third-order valence-corrected chi connectivity index (χ3v) is 5.02. The molecule has 1 saturated heterocycles. The number of aromatic nitrogens is 1. The molecule has 1 aliphatic rings. The van der Waals surface area contributed by atoms with Crippen LogP contribution < -0.4 is 15.0 Å². The van der Waals surface area contributed by atoms with Crippen LogP contribution in [0.15, 0.2) is 65.4 Å². The van der Waals surface area contributed by atoms with Gasteiger partial charge in [-0.1, -0.05) is 12.1 Å². The minimum Gasteiger partial charge on any atom is -0.495 e. The Bertz CT molecular complexity index is 950. The summed E-state index contributed by atoms with van der Waals surface area (Å²) in [5.41, 5.74) is 1.70. The number of amides is 1. The number of para-hydroxylation sites is 2. The van der Waals surface area contributed by atoms with E-state index in [1.807, 2.05) is 35.2 Å². The highest BCUT2D eigenvalue weighted by atomic mass is 16.5. The van der Waals surface area contributed by atoms with Crippen molar-refractivity contribution in [2.24, 2.45) is 0 Å². The minimum atomic E-state index is 0.0214. The van der Waals surface area contributed by atoms with E-state index in [2.05, 4.69) is 21.3 Å². The standard InChI is InChI=1S/C22H24N4O3/c1-28-20-7-3-2-6-19(20)25-10-12-26(13-11-25)22(27)17-8-9-23-21(15-17)24-16-18-5-4-14-29-18/h2-9,14-15H,10-13,16H2,1H3,(H,23,24). The Morgan fingerprint density at radius 2 is 1.97 bits per heavy atom. The molecule has 1 amide bonds. The van der Waals surface area contributed by atoms with Crippen molar-refractivity contribution >= 4 is 17.4 Å². The van der Waals surface area contributed by atoms with Crippen LogP contribution >= 0.6 is 0 Å². The number of carbonyl (C=O) groups excluding carboxylic acids is 1. The molecule has 0 aliphatic carbocycles. The number of pyridine rings is 1. The first-order valence-electron chi connectivity index (χ1n) is 9.64. The molecule has 0 saturated carbocycles. The molecule has 1 fully saturated rings. The largest absolute Gasteiger partial charge is 0.495 e. The zero-order valence-corrected chi connectivity index (χ0v) is 16.4. The molecule has 150 valence electrons. The van der Waals surface area contributed by atoms with Crippen molar-refractivity contribution < 1.29 is 13.9 Å². The quantitative estimate of drug-likeness (QED) is 0.694. The number of ether oxygens (including phenoxy) is 1. The number of carbonyl (C=O) groups is 1. The van der Waals surface area contributed by atoms with Crippen LogP contribution in [0.5, 0.6) is 5.75 Å². The van der Waals surface area contributed by atoms with Gasteiger partial charge < -0.3 is 24.3 Å². The third-order valence-electron chi connectivity index (χ3n) is 5.02.